The zero-order valence-electron chi connectivity index (χ0n) is 11.2. The lowest BCUT2D eigenvalue weighted by atomic mass is 9.94. The molecule has 0 amide bonds. The third-order valence-corrected chi connectivity index (χ3v) is 4.08. The van der Waals surface area contributed by atoms with Crippen LogP contribution in [0.2, 0.25) is 5.02 Å². The lowest BCUT2D eigenvalue weighted by molar-refractivity contribution is 0.426. The third kappa shape index (κ3) is 3.15. The van der Waals surface area contributed by atoms with E-state index >= 15 is 0 Å². The van der Waals surface area contributed by atoms with E-state index < -0.39 is 0 Å². The van der Waals surface area contributed by atoms with E-state index in [0.717, 1.165) is 16.5 Å². The third-order valence-electron chi connectivity index (χ3n) is 3.73. The Kier molecular flexibility index (Phi) is 4.84. The van der Waals surface area contributed by atoms with Crippen molar-refractivity contribution in [1.82, 2.24) is 10.3 Å². The van der Waals surface area contributed by atoms with Crippen molar-refractivity contribution in [2.24, 2.45) is 0 Å². The van der Waals surface area contributed by atoms with Gasteiger partial charge in [0.05, 0.1) is 10.7 Å². The van der Waals surface area contributed by atoms with Crippen LogP contribution in [-0.4, -0.2) is 25.1 Å². The molecule has 4 heteroatoms. The fourth-order valence-corrected chi connectivity index (χ4v) is 2.79. The number of aromatic nitrogens is 1. The summed E-state index contributed by atoms with van der Waals surface area (Å²) < 4.78 is 0. The Morgan fingerprint density at radius 3 is 2.72 bits per heavy atom. The molecule has 1 fully saturated rings. The highest BCUT2D eigenvalue weighted by atomic mass is 35.5. The van der Waals surface area contributed by atoms with Gasteiger partial charge in [-0.1, -0.05) is 30.9 Å². The molecule has 0 unspecified atom stereocenters. The normalized spacial score (nSPS) is 16.8. The first-order valence-electron chi connectivity index (χ1n) is 6.75. The van der Waals surface area contributed by atoms with Gasteiger partial charge < -0.3 is 10.2 Å². The summed E-state index contributed by atoms with van der Waals surface area (Å²) >= 11 is 6.14. The highest BCUT2D eigenvalue weighted by Gasteiger charge is 2.19. The van der Waals surface area contributed by atoms with Crippen LogP contribution in [0.1, 0.15) is 37.8 Å². The standard InChI is InChI=1S/C14H22ClN3/c1-16-10-13-12(15)8-9-14(17-13)18(2)11-6-4-3-5-7-11/h8-9,11,16H,3-7,10H2,1-2H3. The molecule has 0 aliphatic heterocycles. The summed E-state index contributed by atoms with van der Waals surface area (Å²) in [5, 5.41) is 3.85. The van der Waals surface area contributed by atoms with Crippen molar-refractivity contribution >= 4 is 17.4 Å². The molecule has 100 valence electrons. The molecular formula is C14H22ClN3. The van der Waals surface area contributed by atoms with Crippen LogP contribution < -0.4 is 10.2 Å². The van der Waals surface area contributed by atoms with E-state index in [1.807, 2.05) is 19.2 Å². The van der Waals surface area contributed by atoms with Gasteiger partial charge in [0.25, 0.3) is 0 Å². The lowest BCUT2D eigenvalue weighted by Crippen LogP contribution is -2.34. The van der Waals surface area contributed by atoms with Crippen molar-refractivity contribution in [2.75, 3.05) is 19.0 Å². The number of hydrogen-bond acceptors (Lipinski definition) is 3. The maximum atomic E-state index is 6.14. The Bertz CT molecular complexity index is 389. The van der Waals surface area contributed by atoms with Gasteiger partial charge in [-0.2, -0.15) is 0 Å². The molecule has 18 heavy (non-hydrogen) atoms. The van der Waals surface area contributed by atoms with Gasteiger partial charge in [0, 0.05) is 19.6 Å². The van der Waals surface area contributed by atoms with E-state index in [9.17, 15) is 0 Å². The molecule has 3 nitrogen and oxygen atoms in total. The topological polar surface area (TPSA) is 28.2 Å². The summed E-state index contributed by atoms with van der Waals surface area (Å²) in [4.78, 5) is 6.98. The van der Waals surface area contributed by atoms with Crippen LogP contribution in [-0.2, 0) is 6.54 Å². The minimum atomic E-state index is 0.634. The molecule has 1 saturated carbocycles. The predicted octanol–water partition coefficient (Wildman–Crippen LogP) is 3.22. The average molecular weight is 268 g/mol. The number of hydrogen-bond donors (Lipinski definition) is 1. The number of nitrogens with zero attached hydrogens (tertiary/aromatic N) is 2. The van der Waals surface area contributed by atoms with Gasteiger partial charge in [-0.15, -0.1) is 0 Å². The summed E-state index contributed by atoms with van der Waals surface area (Å²) in [6.45, 7) is 0.713. The smallest absolute Gasteiger partial charge is 0.128 e. The molecule has 0 bridgehead atoms. The van der Waals surface area contributed by atoms with E-state index in [0.29, 0.717) is 12.6 Å². The van der Waals surface area contributed by atoms with E-state index in [1.165, 1.54) is 32.1 Å². The van der Waals surface area contributed by atoms with E-state index in [2.05, 4.69) is 22.2 Å². The summed E-state index contributed by atoms with van der Waals surface area (Å²) in [6, 6.07) is 4.61. The first kappa shape index (κ1) is 13.6. The molecule has 1 N–H and O–H groups in total. The monoisotopic (exact) mass is 267 g/mol. The highest BCUT2D eigenvalue weighted by molar-refractivity contribution is 6.31. The number of nitrogens with one attached hydrogen (secondary N) is 1. The SMILES string of the molecule is CNCc1nc(N(C)C2CCCCC2)ccc1Cl. The van der Waals surface area contributed by atoms with E-state index in [4.69, 9.17) is 11.6 Å². The number of rotatable bonds is 4. The molecule has 2 rings (SSSR count). The zero-order valence-corrected chi connectivity index (χ0v) is 12.0. The van der Waals surface area contributed by atoms with Crippen LogP contribution in [0, 0.1) is 0 Å². The van der Waals surface area contributed by atoms with Crippen LogP contribution in [0.4, 0.5) is 5.82 Å². The van der Waals surface area contributed by atoms with Crippen LogP contribution in [0.3, 0.4) is 0 Å². The molecular weight excluding hydrogens is 246 g/mol. The van der Waals surface area contributed by atoms with Crippen molar-refractivity contribution in [1.29, 1.82) is 0 Å². The Labute approximate surface area is 115 Å². The average Bonchev–Trinajstić information content (AvgIpc) is 2.42. The fraction of sp³-hybridized carbons (Fsp3) is 0.643. The molecule has 1 aromatic rings. The van der Waals surface area contributed by atoms with Gasteiger partial charge >= 0.3 is 0 Å². The maximum absolute atomic E-state index is 6.14. The summed E-state index contributed by atoms with van der Waals surface area (Å²) in [6.07, 6.45) is 6.62. The summed E-state index contributed by atoms with van der Waals surface area (Å²) in [7, 11) is 4.06. The second kappa shape index (κ2) is 6.39. The first-order valence-corrected chi connectivity index (χ1v) is 7.13. The van der Waals surface area contributed by atoms with Gasteiger partial charge in [-0.3, -0.25) is 0 Å². The molecule has 1 aliphatic carbocycles. The molecule has 0 atom stereocenters. The maximum Gasteiger partial charge on any atom is 0.128 e. The van der Waals surface area contributed by atoms with Crippen LogP contribution in [0.15, 0.2) is 12.1 Å². The van der Waals surface area contributed by atoms with Gasteiger partial charge in [-0.25, -0.2) is 4.98 Å². The van der Waals surface area contributed by atoms with Crippen molar-refractivity contribution < 1.29 is 0 Å². The molecule has 1 aliphatic rings. The lowest BCUT2D eigenvalue weighted by Gasteiger charge is -2.32. The van der Waals surface area contributed by atoms with Gasteiger partial charge in [0.2, 0.25) is 0 Å². The molecule has 0 saturated heterocycles. The second-order valence-electron chi connectivity index (χ2n) is 5.03. The minimum Gasteiger partial charge on any atom is -0.357 e. The molecule has 1 heterocycles. The second-order valence-corrected chi connectivity index (χ2v) is 5.44. The summed E-state index contributed by atoms with van der Waals surface area (Å²) in [5.41, 5.74) is 0.930. The number of halogens is 1. The number of anilines is 1. The molecule has 0 radical (unpaired) electrons. The van der Waals surface area contributed by atoms with Crippen molar-refractivity contribution in [2.45, 2.75) is 44.7 Å². The zero-order chi connectivity index (χ0) is 13.0. The van der Waals surface area contributed by atoms with Crippen molar-refractivity contribution in [3.8, 4) is 0 Å². The minimum absolute atomic E-state index is 0.634. The van der Waals surface area contributed by atoms with Gasteiger partial charge in [0.1, 0.15) is 5.82 Å². The fourth-order valence-electron chi connectivity index (χ4n) is 2.62. The van der Waals surface area contributed by atoms with Gasteiger partial charge in [-0.05, 0) is 32.0 Å². The van der Waals surface area contributed by atoms with E-state index in [1.54, 1.807) is 0 Å². The molecule has 0 aromatic carbocycles. The highest BCUT2D eigenvalue weighted by Crippen LogP contribution is 2.26. The van der Waals surface area contributed by atoms with Crippen molar-refractivity contribution in [3.05, 3.63) is 22.8 Å². The molecule has 0 spiro atoms. The quantitative estimate of drug-likeness (QED) is 0.908. The first-order chi connectivity index (χ1) is 8.72. The molecule has 1 aromatic heterocycles. The largest absolute Gasteiger partial charge is 0.357 e. The summed E-state index contributed by atoms with van der Waals surface area (Å²) in [5.74, 6) is 1.04. The van der Waals surface area contributed by atoms with Crippen LogP contribution in [0.5, 0.6) is 0 Å². The van der Waals surface area contributed by atoms with Crippen LogP contribution >= 0.6 is 11.6 Å². The predicted molar refractivity (Wildman–Crippen MR) is 77.3 cm³/mol. The van der Waals surface area contributed by atoms with E-state index in [-0.39, 0.29) is 0 Å². The van der Waals surface area contributed by atoms with Crippen LogP contribution in [0.25, 0.3) is 0 Å². The van der Waals surface area contributed by atoms with Gasteiger partial charge in [0.15, 0.2) is 0 Å². The number of pyridine rings is 1. The Morgan fingerprint density at radius 1 is 1.33 bits per heavy atom. The Balaban J connectivity index is 2.13. The van der Waals surface area contributed by atoms with Crippen molar-refractivity contribution in [3.63, 3.8) is 0 Å². The Morgan fingerprint density at radius 2 is 2.06 bits per heavy atom. The Hall–Kier alpha value is -0.800.